The largest absolute Gasteiger partial charge is 0.0885 e. The van der Waals surface area contributed by atoms with Gasteiger partial charge in [-0.15, -0.1) is 0 Å². The second-order valence-corrected chi connectivity index (χ2v) is 4.00. The molecule has 0 fully saturated rings. The normalized spacial score (nSPS) is 12.4. The quantitative estimate of drug-likeness (QED) is 0.330. The summed E-state index contributed by atoms with van der Waals surface area (Å²) in [7, 11) is 0. The molecule has 0 atom stereocenters. The summed E-state index contributed by atoms with van der Waals surface area (Å²) < 4.78 is 0. The smallest absolute Gasteiger partial charge is 0.0169 e. The minimum atomic E-state index is 1.07. The zero-order valence-electron chi connectivity index (χ0n) is 10.8. The molecular formula is C16H27. The summed E-state index contributed by atoms with van der Waals surface area (Å²) in [5, 5.41) is 0. The maximum Gasteiger partial charge on any atom is -0.0169 e. The van der Waals surface area contributed by atoms with Crippen LogP contribution in [0.1, 0.15) is 58.3 Å². The lowest BCUT2D eigenvalue weighted by Gasteiger charge is -1.93. The summed E-state index contributed by atoms with van der Waals surface area (Å²) in [5.41, 5.74) is 0. The fourth-order valence-corrected chi connectivity index (χ4v) is 1.44. The molecule has 0 rings (SSSR count). The molecular weight excluding hydrogens is 192 g/mol. The molecule has 0 aromatic carbocycles. The van der Waals surface area contributed by atoms with Gasteiger partial charge in [0.05, 0.1) is 0 Å². The highest BCUT2D eigenvalue weighted by Crippen LogP contribution is 2.03. The van der Waals surface area contributed by atoms with Gasteiger partial charge in [-0.05, 0) is 32.1 Å². The van der Waals surface area contributed by atoms with Gasteiger partial charge in [0, 0.05) is 0 Å². The number of rotatable bonds is 10. The van der Waals surface area contributed by atoms with Crippen molar-refractivity contribution < 1.29 is 0 Å². The minimum absolute atomic E-state index is 1.07. The van der Waals surface area contributed by atoms with E-state index in [1.807, 2.05) is 0 Å². The van der Waals surface area contributed by atoms with Gasteiger partial charge in [0.1, 0.15) is 0 Å². The molecule has 0 aromatic rings. The first-order valence-electron chi connectivity index (χ1n) is 6.66. The molecule has 0 bridgehead atoms. The molecule has 0 aliphatic carbocycles. The van der Waals surface area contributed by atoms with Crippen LogP contribution in [0.5, 0.6) is 0 Å². The van der Waals surface area contributed by atoms with Crippen LogP contribution in [0, 0.1) is 6.92 Å². The number of hydrogen-bond donors (Lipinski definition) is 0. The minimum Gasteiger partial charge on any atom is -0.0885 e. The predicted molar refractivity (Wildman–Crippen MR) is 75.4 cm³/mol. The van der Waals surface area contributed by atoms with Crippen molar-refractivity contribution in [3.8, 4) is 0 Å². The number of hydrogen-bond acceptors (Lipinski definition) is 0. The SMILES string of the molecule is [CH2]CCCCC/C=C/C/C=C/C/C=C/CC. The van der Waals surface area contributed by atoms with E-state index < -0.39 is 0 Å². The zero-order valence-corrected chi connectivity index (χ0v) is 10.8. The molecule has 0 aliphatic heterocycles. The van der Waals surface area contributed by atoms with Crippen LogP contribution < -0.4 is 0 Å². The molecule has 16 heavy (non-hydrogen) atoms. The Morgan fingerprint density at radius 1 is 0.750 bits per heavy atom. The maximum atomic E-state index is 3.84. The van der Waals surface area contributed by atoms with Gasteiger partial charge in [-0.1, -0.05) is 69.6 Å². The molecule has 0 heterocycles. The van der Waals surface area contributed by atoms with Crippen molar-refractivity contribution >= 4 is 0 Å². The molecule has 91 valence electrons. The highest BCUT2D eigenvalue weighted by atomic mass is 13.9. The van der Waals surface area contributed by atoms with Gasteiger partial charge in [0.15, 0.2) is 0 Å². The Morgan fingerprint density at radius 3 is 2.00 bits per heavy atom. The molecule has 0 spiro atoms. The van der Waals surface area contributed by atoms with Crippen molar-refractivity contribution in [2.75, 3.05) is 0 Å². The van der Waals surface area contributed by atoms with E-state index in [4.69, 9.17) is 0 Å². The Balaban J connectivity index is 3.23. The third kappa shape index (κ3) is 13.2. The standard InChI is InChI=1S/C16H27/c1-3-5-7-9-11-13-15-16-14-12-10-8-6-4-2/h6,8,12-15H,1,3-5,7,9-11,16H2,2H3/b8-6+,14-12+,15-13+. The molecule has 0 saturated carbocycles. The molecule has 0 amide bonds. The molecule has 0 N–H and O–H groups in total. The van der Waals surface area contributed by atoms with Crippen LogP contribution in [0.15, 0.2) is 36.5 Å². The van der Waals surface area contributed by atoms with Gasteiger partial charge in [0.2, 0.25) is 0 Å². The van der Waals surface area contributed by atoms with Crippen LogP contribution in [0.3, 0.4) is 0 Å². The molecule has 0 heteroatoms. The van der Waals surface area contributed by atoms with Gasteiger partial charge in [-0.2, -0.15) is 0 Å². The fourth-order valence-electron chi connectivity index (χ4n) is 1.44. The fraction of sp³-hybridized carbons (Fsp3) is 0.562. The van der Waals surface area contributed by atoms with Gasteiger partial charge in [-0.25, -0.2) is 0 Å². The van der Waals surface area contributed by atoms with Crippen molar-refractivity contribution in [2.24, 2.45) is 0 Å². The highest BCUT2D eigenvalue weighted by Gasteiger charge is 1.83. The topological polar surface area (TPSA) is 0 Å². The van der Waals surface area contributed by atoms with Gasteiger partial charge < -0.3 is 0 Å². The van der Waals surface area contributed by atoms with E-state index in [2.05, 4.69) is 50.3 Å². The average Bonchev–Trinajstić information content (AvgIpc) is 2.31. The van der Waals surface area contributed by atoms with Crippen molar-refractivity contribution in [2.45, 2.75) is 58.3 Å². The van der Waals surface area contributed by atoms with E-state index >= 15 is 0 Å². The van der Waals surface area contributed by atoms with Gasteiger partial charge >= 0.3 is 0 Å². The molecule has 0 nitrogen and oxygen atoms in total. The summed E-state index contributed by atoms with van der Waals surface area (Å²) >= 11 is 0. The average molecular weight is 219 g/mol. The van der Waals surface area contributed by atoms with Crippen LogP contribution in [-0.4, -0.2) is 0 Å². The monoisotopic (exact) mass is 219 g/mol. The van der Waals surface area contributed by atoms with E-state index in [1.165, 1.54) is 25.7 Å². The number of unbranched alkanes of at least 4 members (excludes halogenated alkanes) is 4. The first-order valence-corrected chi connectivity index (χ1v) is 6.66. The lowest BCUT2D eigenvalue weighted by molar-refractivity contribution is 0.694. The molecule has 1 radical (unpaired) electrons. The third-order valence-corrected chi connectivity index (χ3v) is 2.40. The lowest BCUT2D eigenvalue weighted by atomic mass is 10.1. The highest BCUT2D eigenvalue weighted by molar-refractivity contribution is 4.96. The summed E-state index contributed by atoms with van der Waals surface area (Å²) in [6.45, 7) is 6.01. The Labute approximate surface area is 102 Å². The van der Waals surface area contributed by atoms with Crippen LogP contribution in [0.25, 0.3) is 0 Å². The van der Waals surface area contributed by atoms with Gasteiger partial charge in [-0.3, -0.25) is 0 Å². The van der Waals surface area contributed by atoms with Gasteiger partial charge in [0.25, 0.3) is 0 Å². The maximum absolute atomic E-state index is 3.84. The third-order valence-electron chi connectivity index (χ3n) is 2.40. The van der Waals surface area contributed by atoms with E-state index in [-0.39, 0.29) is 0 Å². The Bertz CT molecular complexity index is 196. The van der Waals surface area contributed by atoms with Crippen LogP contribution in [-0.2, 0) is 0 Å². The zero-order chi connectivity index (χ0) is 11.9. The van der Waals surface area contributed by atoms with Crippen LogP contribution in [0.2, 0.25) is 0 Å². The first-order chi connectivity index (χ1) is 7.91. The predicted octanol–water partition coefficient (Wildman–Crippen LogP) is 5.63. The van der Waals surface area contributed by atoms with Crippen LogP contribution in [0.4, 0.5) is 0 Å². The van der Waals surface area contributed by atoms with Crippen molar-refractivity contribution in [1.29, 1.82) is 0 Å². The first kappa shape index (κ1) is 15.2. The second-order valence-electron chi connectivity index (χ2n) is 4.00. The van der Waals surface area contributed by atoms with Crippen molar-refractivity contribution in [3.05, 3.63) is 43.4 Å². The van der Waals surface area contributed by atoms with E-state index in [0.29, 0.717) is 0 Å². The van der Waals surface area contributed by atoms with Crippen LogP contribution >= 0.6 is 0 Å². The van der Waals surface area contributed by atoms with E-state index in [1.54, 1.807) is 0 Å². The summed E-state index contributed by atoms with van der Waals surface area (Å²) in [5.74, 6) is 0. The Hall–Kier alpha value is -0.780. The Morgan fingerprint density at radius 2 is 1.38 bits per heavy atom. The summed E-state index contributed by atoms with van der Waals surface area (Å²) in [6, 6.07) is 0. The van der Waals surface area contributed by atoms with Crippen molar-refractivity contribution in [3.63, 3.8) is 0 Å². The Kier molecular flexibility index (Phi) is 13.5. The number of allylic oxidation sites excluding steroid dienone is 6. The molecule has 0 aromatic heterocycles. The lowest BCUT2D eigenvalue weighted by Crippen LogP contribution is -1.73. The summed E-state index contributed by atoms with van der Waals surface area (Å²) in [4.78, 5) is 0. The molecule has 0 unspecified atom stereocenters. The summed E-state index contributed by atoms with van der Waals surface area (Å²) in [6.07, 6.45) is 23.0. The second kappa shape index (κ2) is 14.2. The molecule has 0 saturated heterocycles. The van der Waals surface area contributed by atoms with E-state index in [0.717, 1.165) is 25.7 Å². The molecule has 0 aliphatic rings. The van der Waals surface area contributed by atoms with Crippen molar-refractivity contribution in [1.82, 2.24) is 0 Å². The van der Waals surface area contributed by atoms with E-state index in [9.17, 15) is 0 Å².